The van der Waals surface area contributed by atoms with Gasteiger partial charge in [-0.15, -0.1) is 11.8 Å². The number of hydrogen-bond acceptors (Lipinski definition) is 7. The van der Waals surface area contributed by atoms with E-state index in [9.17, 15) is 24.6 Å². The molecule has 188 valence electrons. The first-order valence-electron chi connectivity index (χ1n) is 11.4. The second kappa shape index (κ2) is 10.8. The largest absolute Gasteiger partial charge is 0.508 e. The van der Waals surface area contributed by atoms with Gasteiger partial charge in [0, 0.05) is 28.5 Å². The average molecular weight is 500 g/mol. The molecule has 0 spiro atoms. The van der Waals surface area contributed by atoms with Crippen LogP contribution in [0.5, 0.6) is 5.75 Å². The molecule has 1 saturated heterocycles. The molecule has 2 aromatic carbocycles. The van der Waals surface area contributed by atoms with Crippen molar-refractivity contribution in [2.75, 3.05) is 11.6 Å². The Hall–Kier alpha value is -2.88. The molecule has 0 aromatic heterocycles. The Morgan fingerprint density at radius 1 is 1.11 bits per heavy atom. The van der Waals surface area contributed by atoms with E-state index >= 15 is 0 Å². The Labute approximate surface area is 209 Å². The van der Waals surface area contributed by atoms with Gasteiger partial charge in [-0.1, -0.05) is 42.5 Å². The van der Waals surface area contributed by atoms with Crippen molar-refractivity contribution < 1.29 is 24.6 Å². The third-order valence-corrected chi connectivity index (χ3v) is 7.02. The Bertz CT molecular complexity index is 1090. The van der Waals surface area contributed by atoms with Crippen LogP contribution in [0.2, 0.25) is 0 Å². The number of ketones is 1. The molecule has 8 nitrogen and oxygen atoms in total. The second-order valence-electron chi connectivity index (χ2n) is 9.78. The zero-order valence-corrected chi connectivity index (χ0v) is 21.2. The number of nitrogens with two attached hydrogens (primary N) is 1. The van der Waals surface area contributed by atoms with Crippen molar-refractivity contribution in [3.8, 4) is 5.75 Å². The van der Waals surface area contributed by atoms with E-state index in [0.717, 1.165) is 0 Å². The fourth-order valence-corrected chi connectivity index (χ4v) is 5.27. The molecule has 5 N–H and O–H groups in total. The van der Waals surface area contributed by atoms with Gasteiger partial charge in [0.25, 0.3) is 5.91 Å². The minimum atomic E-state index is -1.79. The Kier molecular flexibility index (Phi) is 8.25. The van der Waals surface area contributed by atoms with Crippen LogP contribution in [0.3, 0.4) is 0 Å². The minimum absolute atomic E-state index is 0.0708. The Morgan fingerprint density at radius 3 is 2.40 bits per heavy atom. The normalized spacial score (nSPS) is 18.6. The number of rotatable bonds is 7. The van der Waals surface area contributed by atoms with E-state index in [1.807, 2.05) is 20.8 Å². The standard InChI is InChI=1S/C26H33N3O5S/c1-15-17(11-8-12-19(15)30)22(31)20(21(27)16-9-6-5-7-10-16)23(32)25(34)29-14-35-13-18(29)24(33)28-26(2,3)4/h5-12,18,20-21,23,30,32H,13-14,27H2,1-4H3,(H,28,33)/t18-,20+,21?,23-/m0/s1. The molecule has 9 heteroatoms. The van der Waals surface area contributed by atoms with Crippen molar-refractivity contribution in [3.05, 3.63) is 65.2 Å². The van der Waals surface area contributed by atoms with Crippen LogP contribution in [0.25, 0.3) is 0 Å². The van der Waals surface area contributed by atoms with Gasteiger partial charge in [0.15, 0.2) is 5.78 Å². The van der Waals surface area contributed by atoms with Gasteiger partial charge in [-0.05, 0) is 39.3 Å². The van der Waals surface area contributed by atoms with Crippen molar-refractivity contribution in [1.29, 1.82) is 0 Å². The number of phenolic OH excluding ortho intramolecular Hbond substituents is 1. The van der Waals surface area contributed by atoms with E-state index in [-0.39, 0.29) is 23.1 Å². The number of amides is 2. The highest BCUT2D eigenvalue weighted by Crippen LogP contribution is 2.32. The van der Waals surface area contributed by atoms with Gasteiger partial charge in [-0.3, -0.25) is 14.4 Å². The number of hydrogen-bond donors (Lipinski definition) is 4. The van der Waals surface area contributed by atoms with Crippen LogP contribution in [-0.2, 0) is 9.59 Å². The Balaban J connectivity index is 1.96. The number of nitrogens with zero attached hydrogens (tertiary/aromatic N) is 1. The van der Waals surface area contributed by atoms with Crippen LogP contribution >= 0.6 is 11.8 Å². The SMILES string of the molecule is Cc1c(O)cccc1C(=O)[C@@H](C(N)c1ccccc1)[C@H](O)C(=O)N1CSC[C@H]1C(=O)NC(C)(C)C. The van der Waals surface area contributed by atoms with E-state index < -0.39 is 41.3 Å². The summed E-state index contributed by atoms with van der Waals surface area (Å²) in [5.41, 5.74) is 7.08. The minimum Gasteiger partial charge on any atom is -0.508 e. The number of carbonyl (C=O) groups excluding carboxylic acids is 3. The Morgan fingerprint density at radius 2 is 1.77 bits per heavy atom. The summed E-state index contributed by atoms with van der Waals surface area (Å²) >= 11 is 1.40. The third-order valence-electron chi connectivity index (χ3n) is 6.00. The van der Waals surface area contributed by atoms with E-state index in [1.54, 1.807) is 37.3 Å². The molecule has 2 aromatic rings. The molecule has 4 atom stereocenters. The number of benzene rings is 2. The van der Waals surface area contributed by atoms with Gasteiger partial charge < -0.3 is 26.2 Å². The number of aliphatic hydroxyl groups excluding tert-OH is 1. The molecule has 0 bridgehead atoms. The van der Waals surface area contributed by atoms with Crippen molar-refractivity contribution in [3.63, 3.8) is 0 Å². The lowest BCUT2D eigenvalue weighted by molar-refractivity contribution is -0.147. The molecule has 0 saturated carbocycles. The molecule has 3 rings (SSSR count). The highest BCUT2D eigenvalue weighted by Gasteiger charge is 2.44. The van der Waals surface area contributed by atoms with Crippen LogP contribution in [0.4, 0.5) is 0 Å². The molecule has 1 fully saturated rings. The maximum atomic E-state index is 13.7. The van der Waals surface area contributed by atoms with Crippen LogP contribution in [0.15, 0.2) is 48.5 Å². The van der Waals surface area contributed by atoms with Crippen molar-refractivity contribution in [2.24, 2.45) is 11.7 Å². The van der Waals surface area contributed by atoms with Gasteiger partial charge in [0.2, 0.25) is 5.91 Å². The molecule has 1 aliphatic heterocycles. The van der Waals surface area contributed by atoms with Crippen molar-refractivity contribution in [2.45, 2.75) is 51.4 Å². The van der Waals surface area contributed by atoms with Crippen LogP contribution in [-0.4, -0.2) is 62.0 Å². The van der Waals surface area contributed by atoms with Gasteiger partial charge in [-0.2, -0.15) is 0 Å². The average Bonchev–Trinajstić information content (AvgIpc) is 3.30. The summed E-state index contributed by atoms with van der Waals surface area (Å²) in [5.74, 6) is -2.41. The molecule has 1 aliphatic rings. The van der Waals surface area contributed by atoms with Crippen molar-refractivity contribution >= 4 is 29.4 Å². The lowest BCUT2D eigenvalue weighted by Gasteiger charge is -2.32. The third kappa shape index (κ3) is 6.04. The lowest BCUT2D eigenvalue weighted by Crippen LogP contribution is -2.56. The number of carbonyl (C=O) groups is 3. The van der Waals surface area contributed by atoms with Gasteiger partial charge >= 0.3 is 0 Å². The first-order valence-corrected chi connectivity index (χ1v) is 12.6. The fourth-order valence-electron chi connectivity index (χ4n) is 4.11. The van der Waals surface area contributed by atoms with Gasteiger partial charge in [0.05, 0.1) is 11.8 Å². The number of thioether (sulfide) groups is 1. The number of nitrogens with one attached hydrogen (secondary N) is 1. The first kappa shape index (κ1) is 26.7. The molecule has 2 amide bonds. The van der Waals surface area contributed by atoms with E-state index in [4.69, 9.17) is 5.73 Å². The zero-order valence-electron chi connectivity index (χ0n) is 20.4. The summed E-state index contributed by atoms with van der Waals surface area (Å²) < 4.78 is 0. The molecule has 0 radical (unpaired) electrons. The first-order chi connectivity index (χ1) is 16.4. The number of Topliss-reactive ketones (excluding diaryl/α,β-unsaturated/α-hetero) is 1. The monoisotopic (exact) mass is 499 g/mol. The second-order valence-corrected chi connectivity index (χ2v) is 10.8. The summed E-state index contributed by atoms with van der Waals surface area (Å²) in [6.07, 6.45) is -1.79. The van der Waals surface area contributed by atoms with E-state index in [2.05, 4.69) is 5.32 Å². The summed E-state index contributed by atoms with van der Waals surface area (Å²) in [6, 6.07) is 11.5. The highest BCUT2D eigenvalue weighted by molar-refractivity contribution is 7.99. The maximum Gasteiger partial charge on any atom is 0.253 e. The number of aliphatic hydroxyl groups is 1. The molecule has 1 heterocycles. The predicted molar refractivity (Wildman–Crippen MR) is 136 cm³/mol. The van der Waals surface area contributed by atoms with Gasteiger partial charge in [0.1, 0.15) is 17.9 Å². The topological polar surface area (TPSA) is 133 Å². The fraction of sp³-hybridized carbons (Fsp3) is 0.423. The predicted octanol–water partition coefficient (Wildman–Crippen LogP) is 2.38. The van der Waals surface area contributed by atoms with Crippen LogP contribution in [0.1, 0.15) is 48.3 Å². The summed E-state index contributed by atoms with van der Waals surface area (Å²) in [7, 11) is 0. The molecule has 1 unspecified atom stereocenters. The quantitative estimate of drug-likeness (QED) is 0.430. The maximum absolute atomic E-state index is 13.7. The zero-order chi connectivity index (χ0) is 25.9. The molecular weight excluding hydrogens is 466 g/mol. The van der Waals surface area contributed by atoms with E-state index in [1.165, 1.54) is 34.9 Å². The summed E-state index contributed by atoms with van der Waals surface area (Å²) in [6.45, 7) is 7.13. The highest BCUT2D eigenvalue weighted by atomic mass is 32.2. The number of phenols is 1. The lowest BCUT2D eigenvalue weighted by atomic mass is 9.81. The smallest absolute Gasteiger partial charge is 0.253 e. The summed E-state index contributed by atoms with van der Waals surface area (Å²) in [5, 5.41) is 24.3. The molecular formula is C26H33N3O5S. The van der Waals surface area contributed by atoms with Crippen molar-refractivity contribution in [1.82, 2.24) is 10.2 Å². The summed E-state index contributed by atoms with van der Waals surface area (Å²) in [4.78, 5) is 41.4. The molecule has 0 aliphatic carbocycles. The van der Waals surface area contributed by atoms with Gasteiger partial charge in [-0.25, -0.2) is 0 Å². The van der Waals surface area contributed by atoms with Crippen LogP contribution < -0.4 is 11.1 Å². The number of aromatic hydroxyl groups is 1. The molecule has 35 heavy (non-hydrogen) atoms. The van der Waals surface area contributed by atoms with E-state index in [0.29, 0.717) is 16.9 Å². The van der Waals surface area contributed by atoms with Crippen LogP contribution in [0, 0.1) is 12.8 Å².